The molecule has 0 radical (unpaired) electrons. The van der Waals surface area contributed by atoms with Crippen molar-refractivity contribution in [2.45, 2.75) is 27.3 Å². The van der Waals surface area contributed by atoms with Crippen molar-refractivity contribution in [3.63, 3.8) is 0 Å². The smallest absolute Gasteiger partial charge is 0.243 e. The number of aliphatic imine (C=N–C) groups is 1. The Balaban J connectivity index is 0.00000338. The number of halogens is 1. The second-order valence-electron chi connectivity index (χ2n) is 5.77. The molecule has 2 rings (SSSR count). The van der Waals surface area contributed by atoms with Crippen LogP contribution in [-0.2, 0) is 11.3 Å². The van der Waals surface area contributed by atoms with Gasteiger partial charge in [-0.1, -0.05) is 23.8 Å². The molecule has 0 aliphatic carbocycles. The maximum absolute atomic E-state index is 12.0. The van der Waals surface area contributed by atoms with Crippen LogP contribution in [0.15, 0.2) is 47.7 Å². The number of nitrogens with one attached hydrogen (secondary N) is 3. The fraction of sp³-hybridized carbons (Fsp3) is 0.316. The zero-order valence-corrected chi connectivity index (χ0v) is 17.7. The van der Waals surface area contributed by atoms with Crippen molar-refractivity contribution in [3.8, 4) is 0 Å². The number of hydrogen-bond donors (Lipinski definition) is 3. The zero-order valence-electron chi connectivity index (χ0n) is 15.4. The first-order valence-corrected chi connectivity index (χ1v) is 8.36. The Kier molecular flexibility index (Phi) is 9.64. The molecule has 0 spiro atoms. The summed E-state index contributed by atoms with van der Waals surface area (Å²) in [6, 6.07) is 9.89. The standard InChI is InChI=1S/C19H25N5O.HI/c1-4-21-19(22-11-16-8-7-14(2)10-15(16)3)23-13-18(25)24-17-6-5-9-20-12-17;/h5-10,12H,4,11,13H2,1-3H3,(H,24,25)(H2,21,22,23);1H. The van der Waals surface area contributed by atoms with Crippen LogP contribution in [0.5, 0.6) is 0 Å². The van der Waals surface area contributed by atoms with Crippen LogP contribution in [-0.4, -0.2) is 29.9 Å². The van der Waals surface area contributed by atoms with E-state index in [0.29, 0.717) is 18.2 Å². The molecule has 3 N–H and O–H groups in total. The second kappa shape index (κ2) is 11.5. The molecule has 0 unspecified atom stereocenters. The quantitative estimate of drug-likeness (QED) is 0.347. The summed E-state index contributed by atoms with van der Waals surface area (Å²) in [6.45, 7) is 7.57. The summed E-state index contributed by atoms with van der Waals surface area (Å²) in [6.07, 6.45) is 3.27. The van der Waals surface area contributed by atoms with Crippen LogP contribution >= 0.6 is 24.0 Å². The Morgan fingerprint density at radius 3 is 2.65 bits per heavy atom. The summed E-state index contributed by atoms with van der Waals surface area (Å²) in [7, 11) is 0. The average molecular weight is 467 g/mol. The Morgan fingerprint density at radius 1 is 1.19 bits per heavy atom. The van der Waals surface area contributed by atoms with E-state index in [2.05, 4.69) is 58.0 Å². The van der Waals surface area contributed by atoms with E-state index < -0.39 is 0 Å². The number of aromatic nitrogens is 1. The van der Waals surface area contributed by atoms with Crippen molar-refractivity contribution in [1.29, 1.82) is 0 Å². The highest BCUT2D eigenvalue weighted by atomic mass is 127. The molecule has 0 fully saturated rings. The summed E-state index contributed by atoms with van der Waals surface area (Å²) in [5.41, 5.74) is 4.30. The first-order chi connectivity index (χ1) is 12.1. The molecular weight excluding hydrogens is 441 g/mol. The topological polar surface area (TPSA) is 78.4 Å². The molecule has 6 nitrogen and oxygen atoms in total. The van der Waals surface area contributed by atoms with Crippen molar-refractivity contribution >= 4 is 41.5 Å². The third-order valence-corrected chi connectivity index (χ3v) is 3.61. The summed E-state index contributed by atoms with van der Waals surface area (Å²) < 4.78 is 0. The van der Waals surface area contributed by atoms with Gasteiger partial charge in [0.15, 0.2) is 5.96 Å². The molecular formula is C19H26IN5O. The van der Waals surface area contributed by atoms with E-state index in [4.69, 9.17) is 0 Å². The molecule has 0 aliphatic heterocycles. The van der Waals surface area contributed by atoms with Crippen LogP contribution in [0.2, 0.25) is 0 Å². The fourth-order valence-electron chi connectivity index (χ4n) is 2.34. The Morgan fingerprint density at radius 2 is 2.00 bits per heavy atom. The number of benzene rings is 1. The number of amides is 1. The molecule has 0 atom stereocenters. The molecule has 140 valence electrons. The number of pyridine rings is 1. The number of carbonyl (C=O) groups is 1. The van der Waals surface area contributed by atoms with Gasteiger partial charge in [0.1, 0.15) is 0 Å². The minimum atomic E-state index is -0.148. The van der Waals surface area contributed by atoms with E-state index in [1.54, 1.807) is 24.5 Å². The molecule has 1 aromatic heterocycles. The second-order valence-corrected chi connectivity index (χ2v) is 5.77. The van der Waals surface area contributed by atoms with Crippen LogP contribution in [0.4, 0.5) is 5.69 Å². The van der Waals surface area contributed by atoms with E-state index in [-0.39, 0.29) is 36.4 Å². The van der Waals surface area contributed by atoms with Crippen molar-refractivity contribution in [3.05, 3.63) is 59.4 Å². The summed E-state index contributed by atoms with van der Waals surface area (Å²) in [5, 5.41) is 8.98. The molecule has 26 heavy (non-hydrogen) atoms. The number of rotatable bonds is 6. The molecule has 1 aromatic carbocycles. The van der Waals surface area contributed by atoms with Gasteiger partial charge in [0.2, 0.25) is 5.91 Å². The van der Waals surface area contributed by atoms with Crippen LogP contribution < -0.4 is 16.0 Å². The lowest BCUT2D eigenvalue weighted by atomic mass is 10.1. The number of guanidine groups is 1. The van der Waals surface area contributed by atoms with E-state index >= 15 is 0 Å². The summed E-state index contributed by atoms with van der Waals surface area (Å²) >= 11 is 0. The van der Waals surface area contributed by atoms with Gasteiger partial charge in [-0.2, -0.15) is 0 Å². The van der Waals surface area contributed by atoms with Gasteiger partial charge in [0.05, 0.1) is 25.0 Å². The maximum atomic E-state index is 12.0. The van der Waals surface area contributed by atoms with Crippen molar-refractivity contribution in [1.82, 2.24) is 15.6 Å². The highest BCUT2D eigenvalue weighted by molar-refractivity contribution is 14.0. The highest BCUT2D eigenvalue weighted by Gasteiger charge is 2.05. The summed E-state index contributed by atoms with van der Waals surface area (Å²) in [4.78, 5) is 20.5. The van der Waals surface area contributed by atoms with E-state index in [9.17, 15) is 4.79 Å². The van der Waals surface area contributed by atoms with Gasteiger partial charge < -0.3 is 16.0 Å². The first kappa shape index (κ1) is 21.9. The Hall–Kier alpha value is -2.16. The maximum Gasteiger partial charge on any atom is 0.243 e. The lowest BCUT2D eigenvalue weighted by Gasteiger charge is -2.12. The van der Waals surface area contributed by atoms with Gasteiger partial charge in [-0.05, 0) is 44.0 Å². The van der Waals surface area contributed by atoms with Gasteiger partial charge in [-0.25, -0.2) is 4.99 Å². The number of nitrogens with zero attached hydrogens (tertiary/aromatic N) is 2. The van der Waals surface area contributed by atoms with Gasteiger partial charge in [0, 0.05) is 12.7 Å². The number of aryl methyl sites for hydroxylation is 2. The molecule has 0 saturated heterocycles. The Labute approximate surface area is 171 Å². The van der Waals surface area contributed by atoms with Crippen molar-refractivity contribution in [2.24, 2.45) is 4.99 Å². The lowest BCUT2D eigenvalue weighted by Crippen LogP contribution is -2.41. The summed E-state index contributed by atoms with van der Waals surface area (Å²) in [5.74, 6) is 0.467. The third kappa shape index (κ3) is 7.38. The van der Waals surface area contributed by atoms with Crippen LogP contribution in [0.25, 0.3) is 0 Å². The van der Waals surface area contributed by atoms with Crippen molar-refractivity contribution in [2.75, 3.05) is 18.4 Å². The molecule has 0 saturated carbocycles. The minimum Gasteiger partial charge on any atom is -0.357 e. The average Bonchev–Trinajstić information content (AvgIpc) is 2.59. The lowest BCUT2D eigenvalue weighted by molar-refractivity contribution is -0.115. The third-order valence-electron chi connectivity index (χ3n) is 3.61. The molecule has 2 aromatic rings. The molecule has 1 amide bonds. The van der Waals surface area contributed by atoms with Crippen LogP contribution in [0.3, 0.4) is 0 Å². The minimum absolute atomic E-state index is 0. The zero-order chi connectivity index (χ0) is 18.1. The van der Waals surface area contributed by atoms with Crippen molar-refractivity contribution < 1.29 is 4.79 Å². The predicted molar refractivity (Wildman–Crippen MR) is 117 cm³/mol. The Bertz CT molecular complexity index is 734. The van der Waals surface area contributed by atoms with E-state index in [0.717, 1.165) is 6.54 Å². The largest absolute Gasteiger partial charge is 0.357 e. The molecule has 7 heteroatoms. The van der Waals surface area contributed by atoms with E-state index in [1.165, 1.54) is 16.7 Å². The number of anilines is 1. The van der Waals surface area contributed by atoms with Gasteiger partial charge in [0.25, 0.3) is 0 Å². The van der Waals surface area contributed by atoms with Crippen LogP contribution in [0, 0.1) is 13.8 Å². The highest BCUT2D eigenvalue weighted by Crippen LogP contribution is 2.11. The molecule has 1 heterocycles. The van der Waals surface area contributed by atoms with Crippen LogP contribution in [0.1, 0.15) is 23.6 Å². The first-order valence-electron chi connectivity index (χ1n) is 8.36. The SMILES string of the molecule is CCNC(=NCc1ccc(C)cc1C)NCC(=O)Nc1cccnc1.I. The van der Waals surface area contributed by atoms with E-state index in [1.807, 2.05) is 6.92 Å². The van der Waals surface area contributed by atoms with Gasteiger partial charge in [-0.15, -0.1) is 24.0 Å². The number of carbonyl (C=O) groups excluding carboxylic acids is 1. The molecule has 0 aliphatic rings. The fourth-order valence-corrected chi connectivity index (χ4v) is 2.34. The molecule has 0 bridgehead atoms. The van der Waals surface area contributed by atoms with Gasteiger partial charge >= 0.3 is 0 Å². The number of hydrogen-bond acceptors (Lipinski definition) is 3. The normalized spacial score (nSPS) is 10.7. The monoisotopic (exact) mass is 467 g/mol. The predicted octanol–water partition coefficient (Wildman–Crippen LogP) is 3.01. The van der Waals surface area contributed by atoms with Gasteiger partial charge in [-0.3, -0.25) is 9.78 Å².